The molecule has 154 valence electrons. The Morgan fingerprint density at radius 1 is 0.966 bits per heavy atom. The molecule has 0 aliphatic rings. The van der Waals surface area contributed by atoms with Gasteiger partial charge in [-0.25, -0.2) is 9.59 Å². The number of carbonyl (C=O) groups excluding carboxylic acids is 3. The van der Waals surface area contributed by atoms with Crippen LogP contribution in [-0.4, -0.2) is 30.6 Å². The zero-order chi connectivity index (χ0) is 21.4. The second-order valence-corrected chi connectivity index (χ2v) is 7.18. The first-order valence-electron chi connectivity index (χ1n) is 9.41. The van der Waals surface area contributed by atoms with Crippen LogP contribution in [-0.2, 0) is 16.1 Å². The summed E-state index contributed by atoms with van der Waals surface area (Å²) in [5.74, 6) is -0.988. The van der Waals surface area contributed by atoms with Gasteiger partial charge in [-0.05, 0) is 68.7 Å². The van der Waals surface area contributed by atoms with Gasteiger partial charge in [0.1, 0.15) is 0 Å². The van der Waals surface area contributed by atoms with E-state index in [0.717, 1.165) is 16.7 Å². The molecule has 2 aromatic rings. The molecule has 29 heavy (non-hydrogen) atoms. The Hall–Kier alpha value is -3.35. The molecule has 0 bridgehead atoms. The number of hydrogen-bond donors (Lipinski definition) is 3. The first-order valence-corrected chi connectivity index (χ1v) is 9.41. The summed E-state index contributed by atoms with van der Waals surface area (Å²) in [4.78, 5) is 35.7. The van der Waals surface area contributed by atoms with Crippen LogP contribution in [0.1, 0.15) is 40.9 Å². The number of esters is 1. The molecule has 0 saturated heterocycles. The van der Waals surface area contributed by atoms with E-state index in [1.807, 2.05) is 45.9 Å². The molecule has 0 heterocycles. The molecule has 0 fully saturated rings. The minimum absolute atomic E-state index is 0.0549. The van der Waals surface area contributed by atoms with Gasteiger partial charge in [-0.2, -0.15) is 0 Å². The van der Waals surface area contributed by atoms with E-state index < -0.39 is 11.9 Å². The minimum atomic E-state index is -0.586. The van der Waals surface area contributed by atoms with Gasteiger partial charge < -0.3 is 20.7 Å². The van der Waals surface area contributed by atoms with Crippen LogP contribution in [0.5, 0.6) is 0 Å². The lowest BCUT2D eigenvalue weighted by Gasteiger charge is -2.10. The second kappa shape index (κ2) is 10.3. The third-order valence-corrected chi connectivity index (χ3v) is 3.90. The van der Waals surface area contributed by atoms with E-state index in [1.165, 1.54) is 0 Å². The predicted octanol–water partition coefficient (Wildman–Crippen LogP) is 3.31. The van der Waals surface area contributed by atoms with Gasteiger partial charge in [0.25, 0.3) is 5.91 Å². The molecule has 0 unspecified atom stereocenters. The van der Waals surface area contributed by atoms with Crippen LogP contribution in [0.3, 0.4) is 0 Å². The zero-order valence-electron chi connectivity index (χ0n) is 17.2. The molecule has 0 saturated carbocycles. The van der Waals surface area contributed by atoms with E-state index in [1.54, 1.807) is 24.3 Å². The van der Waals surface area contributed by atoms with Crippen LogP contribution in [0.15, 0.2) is 42.5 Å². The van der Waals surface area contributed by atoms with Crippen LogP contribution < -0.4 is 16.0 Å². The van der Waals surface area contributed by atoms with Crippen molar-refractivity contribution in [2.75, 3.05) is 11.9 Å². The molecule has 0 spiro atoms. The SMILES string of the molecule is Cc1cc(C)cc(NC(=O)COC(=O)c2ccc(CNC(=O)NC(C)C)cc2)c1. The van der Waals surface area contributed by atoms with Gasteiger partial charge in [-0.1, -0.05) is 18.2 Å². The Balaban J connectivity index is 1.81. The summed E-state index contributed by atoms with van der Waals surface area (Å²) in [6.45, 7) is 7.61. The van der Waals surface area contributed by atoms with E-state index in [4.69, 9.17) is 4.74 Å². The lowest BCUT2D eigenvalue weighted by Crippen LogP contribution is -2.39. The van der Waals surface area contributed by atoms with Gasteiger partial charge in [0.05, 0.1) is 5.56 Å². The summed E-state index contributed by atoms with van der Waals surface area (Å²) in [6.07, 6.45) is 0. The first-order chi connectivity index (χ1) is 13.7. The lowest BCUT2D eigenvalue weighted by molar-refractivity contribution is -0.119. The number of nitrogens with one attached hydrogen (secondary N) is 3. The molecular formula is C22H27N3O4. The molecule has 3 amide bonds. The number of amides is 3. The molecule has 0 aliphatic carbocycles. The van der Waals surface area contributed by atoms with Crippen LogP contribution in [0.2, 0.25) is 0 Å². The smallest absolute Gasteiger partial charge is 0.338 e. The number of anilines is 1. The Labute approximate surface area is 170 Å². The number of carbonyl (C=O) groups is 3. The number of ether oxygens (including phenoxy) is 1. The monoisotopic (exact) mass is 397 g/mol. The molecule has 0 aromatic heterocycles. The summed E-state index contributed by atoms with van der Waals surface area (Å²) >= 11 is 0. The second-order valence-electron chi connectivity index (χ2n) is 7.18. The highest BCUT2D eigenvalue weighted by atomic mass is 16.5. The van der Waals surface area contributed by atoms with Crippen molar-refractivity contribution in [1.82, 2.24) is 10.6 Å². The Kier molecular flexibility index (Phi) is 7.77. The molecule has 2 aromatic carbocycles. The van der Waals surface area contributed by atoms with Gasteiger partial charge in [-0.15, -0.1) is 0 Å². The van der Waals surface area contributed by atoms with Crippen molar-refractivity contribution in [1.29, 1.82) is 0 Å². The molecule has 7 nitrogen and oxygen atoms in total. The number of aryl methyl sites for hydroxylation is 2. The molecular weight excluding hydrogens is 370 g/mol. The standard InChI is InChI=1S/C22H27N3O4/c1-14(2)24-22(28)23-12-17-5-7-18(8-6-17)21(27)29-13-20(26)25-19-10-15(3)9-16(4)11-19/h5-11,14H,12-13H2,1-4H3,(H,25,26)(H2,23,24,28). The fourth-order valence-corrected chi connectivity index (χ4v) is 2.71. The number of urea groups is 1. The maximum Gasteiger partial charge on any atom is 0.338 e. The molecule has 0 atom stereocenters. The van der Waals surface area contributed by atoms with E-state index >= 15 is 0 Å². The van der Waals surface area contributed by atoms with E-state index in [-0.39, 0.29) is 18.7 Å². The highest BCUT2D eigenvalue weighted by Gasteiger charge is 2.11. The molecule has 0 aliphatic heterocycles. The Morgan fingerprint density at radius 3 is 2.17 bits per heavy atom. The average molecular weight is 397 g/mol. The normalized spacial score (nSPS) is 10.4. The van der Waals surface area contributed by atoms with Gasteiger partial charge in [0, 0.05) is 18.3 Å². The quantitative estimate of drug-likeness (QED) is 0.625. The van der Waals surface area contributed by atoms with E-state index in [9.17, 15) is 14.4 Å². The molecule has 0 radical (unpaired) electrons. The lowest BCUT2D eigenvalue weighted by atomic mass is 10.1. The maximum absolute atomic E-state index is 12.1. The largest absolute Gasteiger partial charge is 0.452 e. The Bertz CT molecular complexity index is 856. The molecule has 2 rings (SSSR count). The number of benzene rings is 2. The van der Waals surface area contributed by atoms with Crippen LogP contribution >= 0.6 is 0 Å². The maximum atomic E-state index is 12.1. The number of rotatable bonds is 7. The van der Waals surface area contributed by atoms with Crippen molar-refractivity contribution in [2.45, 2.75) is 40.3 Å². The van der Waals surface area contributed by atoms with Gasteiger partial charge in [0.2, 0.25) is 0 Å². The third-order valence-electron chi connectivity index (χ3n) is 3.90. The summed E-state index contributed by atoms with van der Waals surface area (Å²) in [5.41, 5.74) is 3.91. The summed E-state index contributed by atoms with van der Waals surface area (Å²) < 4.78 is 5.07. The fraction of sp³-hybridized carbons (Fsp3) is 0.318. The van der Waals surface area contributed by atoms with Crippen molar-refractivity contribution < 1.29 is 19.1 Å². The number of hydrogen-bond acceptors (Lipinski definition) is 4. The van der Waals surface area contributed by atoms with Crippen molar-refractivity contribution >= 4 is 23.6 Å². The molecule has 3 N–H and O–H groups in total. The van der Waals surface area contributed by atoms with Gasteiger partial charge >= 0.3 is 12.0 Å². The van der Waals surface area contributed by atoms with Crippen molar-refractivity contribution in [3.05, 3.63) is 64.7 Å². The van der Waals surface area contributed by atoms with E-state index in [0.29, 0.717) is 17.8 Å². The van der Waals surface area contributed by atoms with Gasteiger partial charge in [-0.3, -0.25) is 4.79 Å². The average Bonchev–Trinajstić information content (AvgIpc) is 2.63. The summed E-state index contributed by atoms with van der Waals surface area (Å²) in [6, 6.07) is 12.2. The van der Waals surface area contributed by atoms with Crippen LogP contribution in [0, 0.1) is 13.8 Å². The zero-order valence-corrected chi connectivity index (χ0v) is 17.2. The Morgan fingerprint density at radius 2 is 1.59 bits per heavy atom. The van der Waals surface area contributed by atoms with Gasteiger partial charge in [0.15, 0.2) is 6.61 Å². The highest BCUT2D eigenvalue weighted by Crippen LogP contribution is 2.13. The van der Waals surface area contributed by atoms with Crippen molar-refractivity contribution in [3.63, 3.8) is 0 Å². The summed E-state index contributed by atoms with van der Waals surface area (Å²) in [7, 11) is 0. The highest BCUT2D eigenvalue weighted by molar-refractivity contribution is 5.95. The summed E-state index contributed by atoms with van der Waals surface area (Å²) in [5, 5.41) is 8.18. The van der Waals surface area contributed by atoms with Crippen molar-refractivity contribution in [2.24, 2.45) is 0 Å². The van der Waals surface area contributed by atoms with Crippen molar-refractivity contribution in [3.8, 4) is 0 Å². The third kappa shape index (κ3) is 7.65. The van der Waals surface area contributed by atoms with Crippen LogP contribution in [0.4, 0.5) is 10.5 Å². The molecule has 7 heteroatoms. The topological polar surface area (TPSA) is 96.5 Å². The van der Waals surface area contributed by atoms with E-state index in [2.05, 4.69) is 16.0 Å². The predicted molar refractivity (Wildman–Crippen MR) is 112 cm³/mol. The first kappa shape index (κ1) is 21.9. The van der Waals surface area contributed by atoms with Crippen LogP contribution in [0.25, 0.3) is 0 Å². The minimum Gasteiger partial charge on any atom is -0.452 e. The fourth-order valence-electron chi connectivity index (χ4n) is 2.71.